The lowest BCUT2D eigenvalue weighted by atomic mass is 9.88. The molecule has 0 saturated heterocycles. The molecule has 2 aliphatic rings. The molecule has 2 heterocycles. The molecule has 2 aliphatic carbocycles. The number of aromatic nitrogens is 2. The Morgan fingerprint density at radius 1 is 0.938 bits per heavy atom. The van der Waals surface area contributed by atoms with Gasteiger partial charge in [0.05, 0.1) is 0 Å². The van der Waals surface area contributed by atoms with E-state index in [9.17, 15) is 0 Å². The van der Waals surface area contributed by atoms with E-state index < -0.39 is 0 Å². The number of nitrogens with two attached hydrogens (primary N) is 1. The van der Waals surface area contributed by atoms with Gasteiger partial charge in [0.2, 0.25) is 0 Å². The van der Waals surface area contributed by atoms with Crippen LogP contribution in [0.5, 0.6) is 0 Å². The third-order valence-electron chi connectivity index (χ3n) is 7.86. The Bertz CT molecular complexity index is 981. The van der Waals surface area contributed by atoms with E-state index in [0.717, 1.165) is 25.8 Å². The van der Waals surface area contributed by atoms with Crippen molar-refractivity contribution >= 4 is 10.9 Å². The first-order valence-electron chi connectivity index (χ1n) is 12.8. The molecule has 3 aromatic rings. The minimum atomic E-state index is 0.381. The third-order valence-corrected chi connectivity index (χ3v) is 7.86. The van der Waals surface area contributed by atoms with Crippen molar-refractivity contribution in [2.45, 2.75) is 88.3 Å². The summed E-state index contributed by atoms with van der Waals surface area (Å²) in [5, 5.41) is 5.27. The van der Waals surface area contributed by atoms with Gasteiger partial charge in [-0.2, -0.15) is 0 Å². The van der Waals surface area contributed by atoms with Crippen LogP contribution in [-0.2, 0) is 0 Å². The number of rotatable bonds is 7. The third kappa shape index (κ3) is 4.77. The van der Waals surface area contributed by atoms with Gasteiger partial charge in [-0.15, -0.1) is 0 Å². The highest BCUT2D eigenvalue weighted by Crippen LogP contribution is 2.38. The Labute approximate surface area is 192 Å². The molecule has 0 spiro atoms. The Hall–Kier alpha value is -2.17. The first kappa shape index (κ1) is 21.7. The van der Waals surface area contributed by atoms with Crippen molar-refractivity contribution in [3.05, 3.63) is 66.1 Å². The van der Waals surface area contributed by atoms with E-state index in [0.29, 0.717) is 24.0 Å². The number of hydrogen-bond acceptors (Lipinski definition) is 3. The Morgan fingerprint density at radius 3 is 2.47 bits per heavy atom. The van der Waals surface area contributed by atoms with E-state index in [2.05, 4.69) is 57.5 Å². The van der Waals surface area contributed by atoms with Crippen LogP contribution in [0.1, 0.15) is 87.3 Å². The van der Waals surface area contributed by atoms with Crippen LogP contribution in [0, 0.1) is 0 Å². The van der Waals surface area contributed by atoms with Crippen molar-refractivity contribution in [3.63, 3.8) is 0 Å². The average molecular weight is 431 g/mol. The molecule has 2 saturated carbocycles. The molecular weight excluding hydrogens is 392 g/mol. The molecule has 0 radical (unpaired) electrons. The number of fused-ring (bicyclic) bond motifs is 1. The van der Waals surface area contributed by atoms with Gasteiger partial charge in [-0.3, -0.25) is 4.98 Å². The van der Waals surface area contributed by atoms with Crippen LogP contribution in [0.25, 0.3) is 10.9 Å². The zero-order valence-corrected chi connectivity index (χ0v) is 19.3. The summed E-state index contributed by atoms with van der Waals surface area (Å²) >= 11 is 0. The van der Waals surface area contributed by atoms with Crippen molar-refractivity contribution < 1.29 is 0 Å². The molecule has 2 aromatic heterocycles. The summed E-state index contributed by atoms with van der Waals surface area (Å²) in [4.78, 5) is 4.29. The highest BCUT2D eigenvalue weighted by molar-refractivity contribution is 5.85. The van der Waals surface area contributed by atoms with E-state index in [1.165, 1.54) is 67.0 Å². The Morgan fingerprint density at radius 2 is 1.69 bits per heavy atom. The summed E-state index contributed by atoms with van der Waals surface area (Å²) < 4.78 is 2.61. The molecule has 0 aliphatic heterocycles. The highest BCUT2D eigenvalue weighted by Gasteiger charge is 2.24. The molecule has 170 valence electrons. The molecule has 1 atom stereocenters. The van der Waals surface area contributed by atoms with Crippen LogP contribution < -0.4 is 11.1 Å². The van der Waals surface area contributed by atoms with Gasteiger partial charge in [0.1, 0.15) is 0 Å². The molecule has 4 nitrogen and oxygen atoms in total. The average Bonchev–Trinajstić information content (AvgIpc) is 3.24. The SMILES string of the molecule is NC1CCC(NCCC(c2ccncc2)c2cn(C3CCCCC3)c3ccccc23)CC1. The second-order valence-electron chi connectivity index (χ2n) is 9.99. The number of nitrogens with one attached hydrogen (secondary N) is 1. The smallest absolute Gasteiger partial charge is 0.0485 e. The van der Waals surface area contributed by atoms with Gasteiger partial charge in [-0.05, 0) is 80.8 Å². The van der Waals surface area contributed by atoms with Crippen LogP contribution in [0.2, 0.25) is 0 Å². The van der Waals surface area contributed by atoms with Crippen molar-refractivity contribution in [1.82, 2.24) is 14.9 Å². The Balaban J connectivity index is 1.42. The topological polar surface area (TPSA) is 55.9 Å². The predicted octanol–water partition coefficient (Wildman–Crippen LogP) is 5.92. The largest absolute Gasteiger partial charge is 0.344 e. The minimum absolute atomic E-state index is 0.381. The van der Waals surface area contributed by atoms with Crippen LogP contribution in [0.4, 0.5) is 0 Å². The van der Waals surface area contributed by atoms with Gasteiger partial charge in [-0.25, -0.2) is 0 Å². The summed E-state index contributed by atoms with van der Waals surface area (Å²) in [6.07, 6.45) is 18.9. The number of nitrogens with zero attached hydrogens (tertiary/aromatic N) is 2. The van der Waals surface area contributed by atoms with E-state index in [1.54, 1.807) is 0 Å². The normalized spacial score (nSPS) is 23.4. The highest BCUT2D eigenvalue weighted by atomic mass is 15.0. The molecule has 3 N–H and O–H groups in total. The lowest BCUT2D eigenvalue weighted by Gasteiger charge is -2.28. The summed E-state index contributed by atoms with van der Waals surface area (Å²) in [5.74, 6) is 0.381. The van der Waals surface area contributed by atoms with Crippen LogP contribution in [-0.4, -0.2) is 28.2 Å². The van der Waals surface area contributed by atoms with Gasteiger partial charge in [0.15, 0.2) is 0 Å². The molecule has 5 rings (SSSR count). The maximum Gasteiger partial charge on any atom is 0.0485 e. The molecular formula is C28H38N4. The molecule has 32 heavy (non-hydrogen) atoms. The summed E-state index contributed by atoms with van der Waals surface area (Å²) in [6, 6.07) is 15.1. The molecule has 0 bridgehead atoms. The van der Waals surface area contributed by atoms with Crippen molar-refractivity contribution in [2.24, 2.45) is 5.73 Å². The van der Waals surface area contributed by atoms with Gasteiger partial charge in [0.25, 0.3) is 0 Å². The molecule has 1 aromatic carbocycles. The van der Waals surface area contributed by atoms with E-state index in [4.69, 9.17) is 5.73 Å². The fraction of sp³-hybridized carbons (Fsp3) is 0.536. The van der Waals surface area contributed by atoms with Crippen molar-refractivity contribution in [2.75, 3.05) is 6.54 Å². The van der Waals surface area contributed by atoms with E-state index in [-0.39, 0.29) is 0 Å². The van der Waals surface area contributed by atoms with Crippen molar-refractivity contribution in [3.8, 4) is 0 Å². The summed E-state index contributed by atoms with van der Waals surface area (Å²) in [7, 11) is 0. The quantitative estimate of drug-likeness (QED) is 0.489. The second-order valence-corrected chi connectivity index (χ2v) is 9.99. The zero-order chi connectivity index (χ0) is 21.8. The maximum absolute atomic E-state index is 6.11. The van der Waals surface area contributed by atoms with Crippen LogP contribution in [0.3, 0.4) is 0 Å². The minimum Gasteiger partial charge on any atom is -0.344 e. The molecule has 1 unspecified atom stereocenters. The van der Waals surface area contributed by atoms with E-state index in [1.807, 2.05) is 12.4 Å². The van der Waals surface area contributed by atoms with Gasteiger partial charge < -0.3 is 15.6 Å². The van der Waals surface area contributed by atoms with Crippen molar-refractivity contribution in [1.29, 1.82) is 0 Å². The number of hydrogen-bond donors (Lipinski definition) is 2. The fourth-order valence-corrected chi connectivity index (χ4v) is 6.02. The standard InChI is InChI=1S/C28H38N4/c29-22-10-12-23(13-11-22)31-19-16-25(21-14-17-30-18-15-21)27-20-32(24-6-2-1-3-7-24)28-9-5-4-8-26(27)28/h4-5,8-9,14-15,17-18,20,22-25,31H,1-3,6-7,10-13,16,19,29H2. The number of pyridine rings is 1. The molecule has 2 fully saturated rings. The lowest BCUT2D eigenvalue weighted by Crippen LogP contribution is -2.38. The van der Waals surface area contributed by atoms with Gasteiger partial charge >= 0.3 is 0 Å². The van der Waals surface area contributed by atoms with Gasteiger partial charge in [0, 0.05) is 53.5 Å². The second kappa shape index (κ2) is 10.2. The summed E-state index contributed by atoms with van der Waals surface area (Å²) in [6.45, 7) is 1.04. The molecule has 4 heteroatoms. The van der Waals surface area contributed by atoms with E-state index >= 15 is 0 Å². The number of para-hydroxylation sites is 1. The van der Waals surface area contributed by atoms with Crippen LogP contribution >= 0.6 is 0 Å². The van der Waals surface area contributed by atoms with Crippen LogP contribution in [0.15, 0.2) is 55.0 Å². The van der Waals surface area contributed by atoms with Gasteiger partial charge in [-0.1, -0.05) is 37.5 Å². The first-order chi connectivity index (χ1) is 15.8. The number of benzene rings is 1. The molecule has 0 amide bonds. The monoisotopic (exact) mass is 430 g/mol. The first-order valence-corrected chi connectivity index (χ1v) is 12.8. The Kier molecular flexibility index (Phi) is 6.89. The predicted molar refractivity (Wildman–Crippen MR) is 133 cm³/mol. The maximum atomic E-state index is 6.11. The fourth-order valence-electron chi connectivity index (χ4n) is 6.02. The summed E-state index contributed by atoms with van der Waals surface area (Å²) in [5.41, 5.74) is 10.4. The zero-order valence-electron chi connectivity index (χ0n) is 19.3. The lowest BCUT2D eigenvalue weighted by molar-refractivity contribution is 0.340.